The van der Waals surface area contributed by atoms with Crippen molar-refractivity contribution in [1.82, 2.24) is 5.32 Å². The number of carbonyl (C=O) groups excluding carboxylic acids is 1. The summed E-state index contributed by atoms with van der Waals surface area (Å²) >= 11 is 0. The second-order valence-electron chi connectivity index (χ2n) is 4.94. The maximum absolute atomic E-state index is 11.8. The number of rotatable bonds is 2. The molecule has 3 rings (SSSR count). The van der Waals surface area contributed by atoms with E-state index >= 15 is 0 Å². The number of urea groups is 1. The summed E-state index contributed by atoms with van der Waals surface area (Å²) in [6.07, 6.45) is 4.56. The molecule has 2 amide bonds. The number of carbonyl (C=O) groups is 1. The van der Waals surface area contributed by atoms with Gasteiger partial charge >= 0.3 is 6.03 Å². The van der Waals surface area contributed by atoms with Gasteiger partial charge in [0.15, 0.2) is 11.5 Å². The molecule has 0 radical (unpaired) electrons. The fourth-order valence-corrected chi connectivity index (χ4v) is 2.54. The summed E-state index contributed by atoms with van der Waals surface area (Å²) in [4.78, 5) is 11.8. The van der Waals surface area contributed by atoms with Crippen LogP contribution in [0.1, 0.15) is 25.7 Å². The minimum absolute atomic E-state index is 0.149. The molecule has 1 aliphatic carbocycles. The Bertz CT molecular complexity index is 470. The second-order valence-corrected chi connectivity index (χ2v) is 4.94. The van der Waals surface area contributed by atoms with Crippen molar-refractivity contribution in [1.29, 1.82) is 0 Å². The largest absolute Gasteiger partial charge is 0.486 e. The molecule has 102 valence electrons. The Kier molecular flexibility index (Phi) is 3.44. The third-order valence-corrected chi connectivity index (χ3v) is 3.49. The van der Waals surface area contributed by atoms with E-state index in [0.717, 1.165) is 24.3 Å². The van der Waals surface area contributed by atoms with E-state index in [0.29, 0.717) is 25.0 Å². The Morgan fingerprint density at radius 1 is 1.11 bits per heavy atom. The lowest BCUT2D eigenvalue weighted by Gasteiger charge is -2.19. The van der Waals surface area contributed by atoms with E-state index in [9.17, 15) is 4.79 Å². The van der Waals surface area contributed by atoms with Crippen LogP contribution in [-0.2, 0) is 0 Å². The quantitative estimate of drug-likeness (QED) is 0.861. The maximum atomic E-state index is 11.8. The molecule has 0 bridgehead atoms. The molecule has 1 heterocycles. The zero-order valence-electron chi connectivity index (χ0n) is 10.8. The molecule has 1 aliphatic heterocycles. The monoisotopic (exact) mass is 262 g/mol. The van der Waals surface area contributed by atoms with Crippen molar-refractivity contribution in [3.05, 3.63) is 18.2 Å². The fraction of sp³-hybridized carbons (Fsp3) is 0.500. The average molecular weight is 262 g/mol. The molecule has 1 fully saturated rings. The summed E-state index contributed by atoms with van der Waals surface area (Å²) in [5.41, 5.74) is 0.722. The minimum atomic E-state index is -0.149. The lowest BCUT2D eigenvalue weighted by atomic mass is 10.2. The summed E-state index contributed by atoms with van der Waals surface area (Å²) in [5.74, 6) is 1.41. The lowest BCUT2D eigenvalue weighted by molar-refractivity contribution is 0.171. The highest BCUT2D eigenvalue weighted by molar-refractivity contribution is 5.89. The molecule has 19 heavy (non-hydrogen) atoms. The van der Waals surface area contributed by atoms with Gasteiger partial charge in [0.2, 0.25) is 0 Å². The van der Waals surface area contributed by atoms with Crippen molar-refractivity contribution < 1.29 is 14.3 Å². The number of hydrogen-bond acceptors (Lipinski definition) is 3. The number of fused-ring (bicyclic) bond motifs is 1. The summed E-state index contributed by atoms with van der Waals surface area (Å²) < 4.78 is 10.9. The topological polar surface area (TPSA) is 59.6 Å². The molecule has 2 aliphatic rings. The highest BCUT2D eigenvalue weighted by Crippen LogP contribution is 2.32. The number of anilines is 1. The van der Waals surface area contributed by atoms with Crippen molar-refractivity contribution in [2.24, 2.45) is 0 Å². The zero-order valence-corrected chi connectivity index (χ0v) is 10.8. The zero-order chi connectivity index (χ0) is 13.1. The van der Waals surface area contributed by atoms with Gasteiger partial charge in [-0.05, 0) is 25.0 Å². The van der Waals surface area contributed by atoms with Crippen LogP contribution in [0, 0.1) is 0 Å². The van der Waals surface area contributed by atoms with E-state index < -0.39 is 0 Å². The lowest BCUT2D eigenvalue weighted by Crippen LogP contribution is -2.36. The first-order valence-electron chi connectivity index (χ1n) is 6.78. The van der Waals surface area contributed by atoms with Crippen LogP contribution in [0.3, 0.4) is 0 Å². The van der Waals surface area contributed by atoms with Gasteiger partial charge in [0, 0.05) is 17.8 Å². The highest BCUT2D eigenvalue weighted by Gasteiger charge is 2.17. The smallest absolute Gasteiger partial charge is 0.319 e. The van der Waals surface area contributed by atoms with E-state index in [1.807, 2.05) is 12.1 Å². The third-order valence-electron chi connectivity index (χ3n) is 3.49. The number of hydrogen-bond donors (Lipinski definition) is 2. The molecule has 1 aromatic rings. The van der Waals surface area contributed by atoms with Gasteiger partial charge < -0.3 is 20.1 Å². The Hall–Kier alpha value is -1.91. The summed E-state index contributed by atoms with van der Waals surface area (Å²) in [6.45, 7) is 1.12. The molecule has 0 aromatic heterocycles. The molecule has 0 saturated heterocycles. The van der Waals surface area contributed by atoms with Gasteiger partial charge in [0.1, 0.15) is 13.2 Å². The van der Waals surface area contributed by atoms with Crippen LogP contribution in [-0.4, -0.2) is 25.3 Å². The first-order chi connectivity index (χ1) is 9.31. The van der Waals surface area contributed by atoms with Gasteiger partial charge in [-0.2, -0.15) is 0 Å². The molecular formula is C14H18N2O3. The first-order valence-corrected chi connectivity index (χ1v) is 6.78. The molecular weight excluding hydrogens is 244 g/mol. The van der Waals surface area contributed by atoms with Gasteiger partial charge in [-0.1, -0.05) is 12.8 Å². The Morgan fingerprint density at radius 3 is 2.63 bits per heavy atom. The van der Waals surface area contributed by atoms with Crippen LogP contribution in [0.2, 0.25) is 0 Å². The van der Waals surface area contributed by atoms with Crippen molar-refractivity contribution >= 4 is 11.7 Å². The molecule has 1 aromatic carbocycles. The van der Waals surface area contributed by atoms with Crippen LogP contribution in [0.4, 0.5) is 10.5 Å². The average Bonchev–Trinajstić information content (AvgIpc) is 2.91. The van der Waals surface area contributed by atoms with E-state index in [2.05, 4.69) is 10.6 Å². The van der Waals surface area contributed by atoms with Crippen LogP contribution in [0.5, 0.6) is 11.5 Å². The number of benzene rings is 1. The SMILES string of the molecule is O=C(Nc1ccc2c(c1)OCCO2)NC1CCCC1. The van der Waals surface area contributed by atoms with Gasteiger partial charge in [0.25, 0.3) is 0 Å². The molecule has 1 saturated carbocycles. The Morgan fingerprint density at radius 2 is 1.84 bits per heavy atom. The van der Waals surface area contributed by atoms with E-state index in [1.165, 1.54) is 12.8 Å². The Balaban J connectivity index is 1.61. The van der Waals surface area contributed by atoms with Gasteiger partial charge in [-0.3, -0.25) is 0 Å². The third kappa shape index (κ3) is 2.92. The molecule has 0 unspecified atom stereocenters. The molecule has 0 atom stereocenters. The van der Waals surface area contributed by atoms with E-state index in [4.69, 9.17) is 9.47 Å². The molecule has 5 nitrogen and oxygen atoms in total. The highest BCUT2D eigenvalue weighted by atomic mass is 16.6. The standard InChI is InChI=1S/C14H18N2O3/c17-14(15-10-3-1-2-4-10)16-11-5-6-12-13(9-11)19-8-7-18-12/h5-6,9-10H,1-4,7-8H2,(H2,15,16,17). The van der Waals surface area contributed by atoms with Crippen LogP contribution in [0.15, 0.2) is 18.2 Å². The summed E-state index contributed by atoms with van der Waals surface area (Å²) in [6, 6.07) is 5.60. The number of nitrogens with one attached hydrogen (secondary N) is 2. The van der Waals surface area contributed by atoms with Crippen molar-refractivity contribution in [3.8, 4) is 11.5 Å². The van der Waals surface area contributed by atoms with Crippen LogP contribution < -0.4 is 20.1 Å². The number of ether oxygens (including phenoxy) is 2. The van der Waals surface area contributed by atoms with Gasteiger partial charge in [-0.25, -0.2) is 4.79 Å². The van der Waals surface area contributed by atoms with Crippen LogP contribution in [0.25, 0.3) is 0 Å². The Labute approximate surface area is 112 Å². The van der Waals surface area contributed by atoms with E-state index in [1.54, 1.807) is 6.07 Å². The maximum Gasteiger partial charge on any atom is 0.319 e. The predicted molar refractivity (Wildman–Crippen MR) is 71.8 cm³/mol. The number of amides is 2. The molecule has 5 heteroatoms. The van der Waals surface area contributed by atoms with Crippen molar-refractivity contribution in [2.75, 3.05) is 18.5 Å². The second kappa shape index (κ2) is 5.38. The normalized spacial score (nSPS) is 18.1. The van der Waals surface area contributed by atoms with Crippen LogP contribution >= 0.6 is 0 Å². The van der Waals surface area contributed by atoms with Gasteiger partial charge in [-0.15, -0.1) is 0 Å². The van der Waals surface area contributed by atoms with Crippen molar-refractivity contribution in [2.45, 2.75) is 31.7 Å². The molecule has 0 spiro atoms. The molecule has 2 N–H and O–H groups in total. The predicted octanol–water partition coefficient (Wildman–Crippen LogP) is 2.52. The summed E-state index contributed by atoms with van der Waals surface area (Å²) in [7, 11) is 0. The van der Waals surface area contributed by atoms with Crippen molar-refractivity contribution in [3.63, 3.8) is 0 Å². The summed E-state index contributed by atoms with van der Waals surface area (Å²) in [5, 5.41) is 5.82. The fourth-order valence-electron chi connectivity index (χ4n) is 2.54. The first kappa shape index (κ1) is 12.1. The minimum Gasteiger partial charge on any atom is -0.486 e. The van der Waals surface area contributed by atoms with Gasteiger partial charge in [0.05, 0.1) is 0 Å². The van der Waals surface area contributed by atoms with E-state index in [-0.39, 0.29) is 6.03 Å².